The summed E-state index contributed by atoms with van der Waals surface area (Å²) in [5, 5.41) is 0. The number of furan rings is 1. The van der Waals surface area contributed by atoms with Crippen LogP contribution in [-0.4, -0.2) is 21.2 Å². The van der Waals surface area contributed by atoms with Crippen molar-refractivity contribution in [2.24, 2.45) is 0 Å². The summed E-state index contributed by atoms with van der Waals surface area (Å²) >= 11 is 1.39. The average Bonchev–Trinajstić information content (AvgIpc) is 3.26. The van der Waals surface area contributed by atoms with Crippen LogP contribution in [0.1, 0.15) is 36.7 Å². The highest BCUT2D eigenvalue weighted by Crippen LogP contribution is 2.26. The monoisotopic (exact) mass is 456 g/mol. The van der Waals surface area contributed by atoms with Crippen molar-refractivity contribution in [2.75, 3.05) is 16.4 Å². The number of anilines is 2. The molecule has 3 aromatic rings. The Morgan fingerprint density at radius 2 is 2.03 bits per heavy atom. The predicted octanol–water partition coefficient (Wildman–Crippen LogP) is 3.45. The summed E-state index contributed by atoms with van der Waals surface area (Å²) in [6.45, 7) is 6.35. The second-order valence-corrected chi connectivity index (χ2v) is 8.63. The molecule has 0 saturated carbocycles. The van der Waals surface area contributed by atoms with Gasteiger partial charge < -0.3 is 10.2 Å². The molecule has 0 spiro atoms. The number of nitrogens with zero attached hydrogens (tertiary/aromatic N) is 2. The first-order valence-corrected chi connectivity index (χ1v) is 11.5. The SMILES string of the molecule is CCCCn1c(N)c(N(Cc2ccco2)C(=O)CSc2cc(C)ccc2C)c(=O)[nH]c1=O. The van der Waals surface area contributed by atoms with Crippen molar-refractivity contribution >= 4 is 29.2 Å². The number of unbranched alkanes of at least 4 members (excludes halogenated alkanes) is 1. The largest absolute Gasteiger partial charge is 0.467 e. The average molecular weight is 457 g/mol. The first-order valence-electron chi connectivity index (χ1n) is 10.5. The normalized spacial score (nSPS) is 11.0. The molecule has 8 nitrogen and oxygen atoms in total. The number of hydrogen-bond acceptors (Lipinski definition) is 6. The molecule has 9 heteroatoms. The molecule has 2 aromatic heterocycles. The molecule has 0 unspecified atom stereocenters. The van der Waals surface area contributed by atoms with Crippen LogP contribution in [0.15, 0.2) is 55.5 Å². The maximum Gasteiger partial charge on any atom is 0.330 e. The molecule has 0 saturated heterocycles. The summed E-state index contributed by atoms with van der Waals surface area (Å²) in [5.41, 5.74) is 7.10. The molecule has 0 aliphatic heterocycles. The third-order valence-electron chi connectivity index (χ3n) is 5.11. The number of aryl methyl sites for hydroxylation is 2. The lowest BCUT2D eigenvalue weighted by Crippen LogP contribution is -2.41. The van der Waals surface area contributed by atoms with E-state index in [1.54, 1.807) is 12.1 Å². The smallest absolute Gasteiger partial charge is 0.330 e. The second kappa shape index (κ2) is 10.4. The molecule has 0 atom stereocenters. The van der Waals surface area contributed by atoms with Gasteiger partial charge in [-0.25, -0.2) is 4.79 Å². The van der Waals surface area contributed by atoms with Gasteiger partial charge in [-0.15, -0.1) is 11.8 Å². The van der Waals surface area contributed by atoms with Gasteiger partial charge in [-0.3, -0.25) is 24.0 Å². The zero-order valence-electron chi connectivity index (χ0n) is 18.5. The van der Waals surface area contributed by atoms with Gasteiger partial charge in [0.1, 0.15) is 11.6 Å². The molecule has 3 N–H and O–H groups in total. The summed E-state index contributed by atoms with van der Waals surface area (Å²) in [7, 11) is 0. The van der Waals surface area contributed by atoms with E-state index in [1.165, 1.54) is 27.5 Å². The maximum atomic E-state index is 13.3. The van der Waals surface area contributed by atoms with Gasteiger partial charge in [-0.05, 0) is 44.0 Å². The number of rotatable bonds is 9. The van der Waals surface area contributed by atoms with E-state index in [1.807, 2.05) is 39.0 Å². The van der Waals surface area contributed by atoms with Gasteiger partial charge in [0.05, 0.1) is 18.6 Å². The summed E-state index contributed by atoms with van der Waals surface area (Å²) in [6.07, 6.45) is 3.06. The highest BCUT2D eigenvalue weighted by Gasteiger charge is 2.25. The Hall–Kier alpha value is -3.20. The van der Waals surface area contributed by atoms with Crippen LogP contribution in [-0.2, 0) is 17.9 Å². The number of aromatic nitrogens is 2. The summed E-state index contributed by atoms with van der Waals surface area (Å²) < 4.78 is 6.72. The van der Waals surface area contributed by atoms with Gasteiger partial charge in [-0.2, -0.15) is 0 Å². The standard InChI is InChI=1S/C23H28N4O4S/c1-4-5-10-26-21(24)20(22(29)25-23(26)30)27(13-17-7-6-11-31-17)19(28)14-32-18-12-15(2)8-9-16(18)3/h6-9,11-12H,4-5,10,13-14,24H2,1-3H3,(H,25,29,30). The first kappa shape index (κ1) is 23.5. The van der Waals surface area contributed by atoms with Crippen molar-refractivity contribution in [1.82, 2.24) is 9.55 Å². The van der Waals surface area contributed by atoms with Crippen LogP contribution in [0.5, 0.6) is 0 Å². The second-order valence-electron chi connectivity index (χ2n) is 7.62. The van der Waals surface area contributed by atoms with Crippen molar-refractivity contribution in [1.29, 1.82) is 0 Å². The molecule has 1 amide bonds. The lowest BCUT2D eigenvalue weighted by molar-refractivity contribution is -0.116. The predicted molar refractivity (Wildman–Crippen MR) is 127 cm³/mol. The van der Waals surface area contributed by atoms with Gasteiger partial charge in [0, 0.05) is 11.4 Å². The number of carbonyl (C=O) groups excluding carboxylic acids is 1. The van der Waals surface area contributed by atoms with Gasteiger partial charge in [-0.1, -0.05) is 31.0 Å². The fourth-order valence-electron chi connectivity index (χ4n) is 3.31. The van der Waals surface area contributed by atoms with Crippen LogP contribution < -0.4 is 21.9 Å². The molecule has 1 aromatic carbocycles. The van der Waals surface area contributed by atoms with Gasteiger partial charge >= 0.3 is 5.69 Å². The van der Waals surface area contributed by atoms with Crippen LogP contribution in [0.4, 0.5) is 11.5 Å². The number of carbonyl (C=O) groups is 1. The van der Waals surface area contributed by atoms with Crippen molar-refractivity contribution in [3.63, 3.8) is 0 Å². The van der Waals surface area contributed by atoms with E-state index in [4.69, 9.17) is 10.2 Å². The van der Waals surface area contributed by atoms with Crippen molar-refractivity contribution < 1.29 is 9.21 Å². The third kappa shape index (κ3) is 5.34. The van der Waals surface area contributed by atoms with Crippen LogP contribution in [0, 0.1) is 13.8 Å². The Morgan fingerprint density at radius 3 is 2.72 bits per heavy atom. The molecular formula is C23H28N4O4S. The van der Waals surface area contributed by atoms with Crippen molar-refractivity contribution in [3.05, 3.63) is 74.3 Å². The molecule has 3 rings (SSSR count). The fourth-order valence-corrected chi connectivity index (χ4v) is 4.31. The number of aromatic amines is 1. The fraction of sp³-hybridized carbons (Fsp3) is 0.348. The minimum Gasteiger partial charge on any atom is -0.467 e. The number of thioether (sulfide) groups is 1. The zero-order valence-corrected chi connectivity index (χ0v) is 19.3. The van der Waals surface area contributed by atoms with E-state index >= 15 is 0 Å². The highest BCUT2D eigenvalue weighted by atomic mass is 32.2. The van der Waals surface area contributed by atoms with E-state index in [2.05, 4.69) is 4.98 Å². The summed E-state index contributed by atoms with van der Waals surface area (Å²) in [4.78, 5) is 43.0. The number of amides is 1. The number of nitrogens with one attached hydrogen (secondary N) is 1. The Bertz CT molecular complexity index is 1200. The van der Waals surface area contributed by atoms with E-state index in [0.29, 0.717) is 18.7 Å². The summed E-state index contributed by atoms with van der Waals surface area (Å²) in [6, 6.07) is 9.48. The molecule has 0 bridgehead atoms. The molecule has 2 heterocycles. The van der Waals surface area contributed by atoms with Gasteiger partial charge in [0.2, 0.25) is 5.91 Å². The van der Waals surface area contributed by atoms with Crippen LogP contribution in [0.2, 0.25) is 0 Å². The van der Waals surface area contributed by atoms with E-state index in [0.717, 1.165) is 22.4 Å². The number of benzene rings is 1. The highest BCUT2D eigenvalue weighted by molar-refractivity contribution is 8.00. The van der Waals surface area contributed by atoms with E-state index in [9.17, 15) is 14.4 Å². The van der Waals surface area contributed by atoms with Gasteiger partial charge in [0.15, 0.2) is 5.69 Å². The van der Waals surface area contributed by atoms with Crippen molar-refractivity contribution in [2.45, 2.75) is 51.6 Å². The Balaban J connectivity index is 1.97. The molecule has 0 aliphatic carbocycles. The zero-order chi connectivity index (χ0) is 23.3. The molecule has 170 valence electrons. The number of H-pyrrole nitrogens is 1. The Labute approximate surface area is 190 Å². The van der Waals surface area contributed by atoms with E-state index in [-0.39, 0.29) is 29.7 Å². The topological polar surface area (TPSA) is 114 Å². The molecule has 32 heavy (non-hydrogen) atoms. The lowest BCUT2D eigenvalue weighted by atomic mass is 10.2. The van der Waals surface area contributed by atoms with E-state index < -0.39 is 11.2 Å². The third-order valence-corrected chi connectivity index (χ3v) is 6.25. The maximum absolute atomic E-state index is 13.3. The van der Waals surface area contributed by atoms with Crippen molar-refractivity contribution in [3.8, 4) is 0 Å². The first-order chi connectivity index (χ1) is 15.3. The van der Waals surface area contributed by atoms with Crippen LogP contribution in [0.3, 0.4) is 0 Å². The van der Waals surface area contributed by atoms with Gasteiger partial charge in [0.25, 0.3) is 5.56 Å². The lowest BCUT2D eigenvalue weighted by Gasteiger charge is -2.24. The minimum atomic E-state index is -0.697. The quantitative estimate of drug-likeness (QED) is 0.477. The summed E-state index contributed by atoms with van der Waals surface area (Å²) in [5.74, 6) is 0.257. The molecule has 0 fully saturated rings. The van der Waals surface area contributed by atoms with Crippen LogP contribution in [0.25, 0.3) is 0 Å². The molecule has 0 radical (unpaired) electrons. The molecular weight excluding hydrogens is 428 g/mol. The van der Waals surface area contributed by atoms with Crippen LogP contribution >= 0.6 is 11.8 Å². The number of nitrogen functional groups attached to an aromatic ring is 1. The Morgan fingerprint density at radius 1 is 1.25 bits per heavy atom. The Kier molecular flexibility index (Phi) is 7.63. The molecule has 0 aliphatic rings. The number of hydrogen-bond donors (Lipinski definition) is 2. The minimum absolute atomic E-state index is 0.0242. The number of nitrogens with two attached hydrogens (primary N) is 1.